The van der Waals surface area contributed by atoms with E-state index in [1.165, 1.54) is 0 Å². The minimum Gasteiger partial charge on any atom is -0.368 e. The van der Waals surface area contributed by atoms with Crippen molar-refractivity contribution >= 4 is 5.69 Å². The highest BCUT2D eigenvalue weighted by molar-refractivity contribution is 5.52. The monoisotopic (exact) mass is 188 g/mol. The van der Waals surface area contributed by atoms with Crippen LogP contribution in [0.5, 0.6) is 0 Å². The Hall–Kier alpha value is -1.60. The lowest BCUT2D eigenvalue weighted by molar-refractivity contribution is 0.519. The minimum atomic E-state index is 0.272. The highest BCUT2D eigenvalue weighted by Gasteiger charge is 2.23. The number of nitriles is 1. The van der Waals surface area contributed by atoms with Gasteiger partial charge >= 0.3 is 0 Å². The van der Waals surface area contributed by atoms with Crippen molar-refractivity contribution in [3.8, 4) is 6.07 Å². The van der Waals surface area contributed by atoms with E-state index in [0.717, 1.165) is 24.5 Å². The van der Waals surface area contributed by atoms with Crippen molar-refractivity contribution in [1.29, 1.82) is 5.26 Å². The maximum Gasteiger partial charge on any atom is 0.142 e. The summed E-state index contributed by atoms with van der Waals surface area (Å²) in [6.45, 7) is 3.63. The van der Waals surface area contributed by atoms with E-state index in [2.05, 4.69) is 16.0 Å². The van der Waals surface area contributed by atoms with Gasteiger partial charge in [0.2, 0.25) is 0 Å². The molecule has 2 heterocycles. The van der Waals surface area contributed by atoms with Crippen LogP contribution in [-0.2, 0) is 0 Å². The van der Waals surface area contributed by atoms with Crippen LogP contribution >= 0.6 is 0 Å². The molecule has 1 saturated heterocycles. The molecule has 72 valence electrons. The topological polar surface area (TPSA) is 65.9 Å². The molecular weight excluding hydrogens is 176 g/mol. The van der Waals surface area contributed by atoms with Gasteiger partial charge in [-0.15, -0.1) is 0 Å². The molecule has 0 bridgehead atoms. The van der Waals surface area contributed by atoms with Crippen LogP contribution in [0.4, 0.5) is 5.69 Å². The van der Waals surface area contributed by atoms with Crippen LogP contribution in [0.15, 0.2) is 12.1 Å². The first kappa shape index (κ1) is 8.97. The van der Waals surface area contributed by atoms with Crippen LogP contribution in [0.2, 0.25) is 0 Å². The zero-order valence-electron chi connectivity index (χ0n) is 8.07. The normalized spacial score (nSPS) is 16.2. The smallest absolute Gasteiger partial charge is 0.142 e. The third kappa shape index (κ3) is 1.54. The average molecular weight is 188 g/mol. The van der Waals surface area contributed by atoms with E-state index in [-0.39, 0.29) is 6.04 Å². The summed E-state index contributed by atoms with van der Waals surface area (Å²) in [6.07, 6.45) is 0. The number of aromatic nitrogens is 1. The van der Waals surface area contributed by atoms with Gasteiger partial charge in [0, 0.05) is 30.5 Å². The second-order valence-corrected chi connectivity index (χ2v) is 3.63. The Kier molecular flexibility index (Phi) is 2.10. The van der Waals surface area contributed by atoms with Gasteiger partial charge < -0.3 is 10.6 Å². The molecule has 1 fully saturated rings. The summed E-state index contributed by atoms with van der Waals surface area (Å²) < 4.78 is 0. The largest absolute Gasteiger partial charge is 0.368 e. The van der Waals surface area contributed by atoms with Crippen molar-refractivity contribution in [3.63, 3.8) is 0 Å². The van der Waals surface area contributed by atoms with Crippen molar-refractivity contribution in [3.05, 3.63) is 23.5 Å². The maximum atomic E-state index is 8.76. The molecule has 1 aromatic rings. The fourth-order valence-electron chi connectivity index (χ4n) is 1.61. The molecule has 0 amide bonds. The highest BCUT2D eigenvalue weighted by atomic mass is 15.2. The Labute approximate surface area is 83.0 Å². The summed E-state index contributed by atoms with van der Waals surface area (Å²) in [4.78, 5) is 6.25. The van der Waals surface area contributed by atoms with Crippen LogP contribution in [0.3, 0.4) is 0 Å². The van der Waals surface area contributed by atoms with E-state index in [9.17, 15) is 0 Å². The molecule has 14 heavy (non-hydrogen) atoms. The lowest BCUT2D eigenvalue weighted by atomic mass is 10.1. The van der Waals surface area contributed by atoms with Gasteiger partial charge in [-0.05, 0) is 19.1 Å². The Balaban J connectivity index is 2.26. The van der Waals surface area contributed by atoms with Gasteiger partial charge in [-0.1, -0.05) is 0 Å². The summed E-state index contributed by atoms with van der Waals surface area (Å²) in [6, 6.07) is 6.11. The molecule has 0 unspecified atom stereocenters. The first-order valence-corrected chi connectivity index (χ1v) is 4.58. The number of anilines is 1. The summed E-state index contributed by atoms with van der Waals surface area (Å²) in [5.41, 5.74) is 8.09. The molecule has 0 saturated carbocycles. The Morgan fingerprint density at radius 2 is 2.29 bits per heavy atom. The molecule has 2 rings (SSSR count). The van der Waals surface area contributed by atoms with Gasteiger partial charge in [0.25, 0.3) is 0 Å². The van der Waals surface area contributed by atoms with Gasteiger partial charge in [-0.2, -0.15) is 5.26 Å². The third-order valence-corrected chi connectivity index (χ3v) is 2.33. The maximum absolute atomic E-state index is 8.76. The van der Waals surface area contributed by atoms with E-state index in [0.29, 0.717) is 5.69 Å². The first-order chi connectivity index (χ1) is 6.69. The van der Waals surface area contributed by atoms with Crippen molar-refractivity contribution in [1.82, 2.24) is 4.98 Å². The number of aryl methyl sites for hydroxylation is 1. The standard InChI is InChI=1S/C10H12N4/c1-7-2-10(3-9(4-11)13-7)14-5-8(12)6-14/h2-3,8H,5-6,12H2,1H3. The molecule has 1 aliphatic rings. The van der Waals surface area contributed by atoms with E-state index < -0.39 is 0 Å². The minimum absolute atomic E-state index is 0.272. The SMILES string of the molecule is Cc1cc(N2CC(N)C2)cc(C#N)n1. The van der Waals surface area contributed by atoms with E-state index >= 15 is 0 Å². The zero-order valence-corrected chi connectivity index (χ0v) is 8.07. The van der Waals surface area contributed by atoms with Crippen molar-refractivity contribution < 1.29 is 0 Å². The molecule has 0 spiro atoms. The number of nitrogens with two attached hydrogens (primary N) is 1. The van der Waals surface area contributed by atoms with Gasteiger partial charge in [0.05, 0.1) is 0 Å². The Bertz CT molecular complexity index is 388. The van der Waals surface area contributed by atoms with E-state index in [1.54, 1.807) is 6.07 Å². The Morgan fingerprint density at radius 3 is 2.86 bits per heavy atom. The Morgan fingerprint density at radius 1 is 1.57 bits per heavy atom. The van der Waals surface area contributed by atoms with Crippen LogP contribution in [-0.4, -0.2) is 24.1 Å². The lowest BCUT2D eigenvalue weighted by Crippen LogP contribution is -2.55. The highest BCUT2D eigenvalue weighted by Crippen LogP contribution is 2.21. The third-order valence-electron chi connectivity index (χ3n) is 2.33. The van der Waals surface area contributed by atoms with Gasteiger partial charge in [0.15, 0.2) is 0 Å². The molecule has 0 aliphatic carbocycles. The van der Waals surface area contributed by atoms with Crippen LogP contribution in [0, 0.1) is 18.3 Å². The second kappa shape index (κ2) is 3.28. The molecule has 0 atom stereocenters. The molecule has 1 aromatic heterocycles. The molecule has 0 aromatic carbocycles. The van der Waals surface area contributed by atoms with Gasteiger partial charge in [0.1, 0.15) is 11.8 Å². The molecule has 4 nitrogen and oxygen atoms in total. The van der Waals surface area contributed by atoms with Crippen LogP contribution in [0.25, 0.3) is 0 Å². The number of hydrogen-bond donors (Lipinski definition) is 1. The zero-order chi connectivity index (χ0) is 10.1. The first-order valence-electron chi connectivity index (χ1n) is 4.58. The number of pyridine rings is 1. The predicted octanol–water partition coefficient (Wildman–Crippen LogP) is 0.409. The lowest BCUT2D eigenvalue weighted by Gasteiger charge is -2.38. The molecule has 4 heteroatoms. The summed E-state index contributed by atoms with van der Waals surface area (Å²) in [5, 5.41) is 8.76. The molecule has 0 radical (unpaired) electrons. The fourth-order valence-corrected chi connectivity index (χ4v) is 1.61. The van der Waals surface area contributed by atoms with E-state index in [1.807, 2.05) is 13.0 Å². The summed E-state index contributed by atoms with van der Waals surface area (Å²) in [7, 11) is 0. The van der Waals surface area contributed by atoms with Crippen molar-refractivity contribution in [2.24, 2.45) is 5.73 Å². The molecule has 2 N–H and O–H groups in total. The van der Waals surface area contributed by atoms with Crippen molar-refractivity contribution in [2.45, 2.75) is 13.0 Å². The summed E-state index contributed by atoms with van der Waals surface area (Å²) in [5.74, 6) is 0. The number of nitrogens with zero attached hydrogens (tertiary/aromatic N) is 3. The number of hydrogen-bond acceptors (Lipinski definition) is 4. The van der Waals surface area contributed by atoms with Crippen LogP contribution < -0.4 is 10.6 Å². The van der Waals surface area contributed by atoms with Gasteiger partial charge in [-0.3, -0.25) is 0 Å². The summed E-state index contributed by atoms with van der Waals surface area (Å²) >= 11 is 0. The quantitative estimate of drug-likeness (QED) is 0.693. The fraction of sp³-hybridized carbons (Fsp3) is 0.400. The van der Waals surface area contributed by atoms with E-state index in [4.69, 9.17) is 11.0 Å². The van der Waals surface area contributed by atoms with Gasteiger partial charge in [-0.25, -0.2) is 4.98 Å². The number of rotatable bonds is 1. The van der Waals surface area contributed by atoms with Crippen molar-refractivity contribution in [2.75, 3.05) is 18.0 Å². The molecular formula is C10H12N4. The average Bonchev–Trinajstić information content (AvgIpc) is 2.12. The predicted molar refractivity (Wildman–Crippen MR) is 53.9 cm³/mol. The van der Waals surface area contributed by atoms with Crippen LogP contribution in [0.1, 0.15) is 11.4 Å². The second-order valence-electron chi connectivity index (χ2n) is 3.63. The molecule has 1 aliphatic heterocycles.